The van der Waals surface area contributed by atoms with Crippen LogP contribution in [-0.2, 0) is 6.54 Å². The van der Waals surface area contributed by atoms with E-state index in [2.05, 4.69) is 20.0 Å². The van der Waals surface area contributed by atoms with Crippen molar-refractivity contribution in [2.45, 2.75) is 31.2 Å². The summed E-state index contributed by atoms with van der Waals surface area (Å²) in [6.07, 6.45) is 1.90. The molecule has 0 unspecified atom stereocenters. The lowest BCUT2D eigenvalue weighted by Crippen LogP contribution is -2.49. The van der Waals surface area contributed by atoms with E-state index in [-0.39, 0.29) is 47.5 Å². The van der Waals surface area contributed by atoms with Gasteiger partial charge in [0.1, 0.15) is 23.1 Å². The zero-order chi connectivity index (χ0) is 35.2. The molecule has 8 nitrogen and oxygen atoms in total. The molecule has 2 saturated heterocycles. The summed E-state index contributed by atoms with van der Waals surface area (Å²) in [5.41, 5.74) is 4.85. The van der Waals surface area contributed by atoms with E-state index in [1.54, 1.807) is 30.3 Å². The molecule has 4 heterocycles. The number of hydrogen-bond donors (Lipinski definition) is 2. The van der Waals surface area contributed by atoms with E-state index in [0.717, 1.165) is 80.9 Å². The first-order valence-corrected chi connectivity index (χ1v) is 17.7. The SMILES string of the molecule is COc1cc([C@H]2COc3cc(O)ccc3[C@H]2c2ccc(N3CCC(CN4CCN(c5cc6c(cc5F)C(=O)NC6)CC4)CC3)c(F)c2)ccc1F. The van der Waals surface area contributed by atoms with Crippen LogP contribution in [-0.4, -0.2) is 75.4 Å². The average molecular weight is 699 g/mol. The van der Waals surface area contributed by atoms with Gasteiger partial charge in [-0.1, -0.05) is 18.2 Å². The third kappa shape index (κ3) is 6.44. The Hall–Kier alpha value is -4.90. The zero-order valence-electron chi connectivity index (χ0n) is 28.5. The number of halogens is 3. The summed E-state index contributed by atoms with van der Waals surface area (Å²) in [6, 6.07) is 18.4. The van der Waals surface area contributed by atoms with E-state index in [1.165, 1.54) is 19.2 Å². The van der Waals surface area contributed by atoms with E-state index in [0.29, 0.717) is 35.2 Å². The van der Waals surface area contributed by atoms with Crippen molar-refractivity contribution < 1.29 is 32.5 Å². The molecule has 0 saturated carbocycles. The van der Waals surface area contributed by atoms with Gasteiger partial charge in [0.2, 0.25) is 0 Å². The first kappa shape index (κ1) is 33.3. The van der Waals surface area contributed by atoms with Gasteiger partial charge in [-0.05, 0) is 77.9 Å². The molecule has 0 aliphatic carbocycles. The van der Waals surface area contributed by atoms with Crippen molar-refractivity contribution in [1.82, 2.24) is 10.2 Å². The van der Waals surface area contributed by atoms with Crippen LogP contribution in [0, 0.1) is 23.4 Å². The first-order chi connectivity index (χ1) is 24.7. The van der Waals surface area contributed by atoms with Crippen molar-refractivity contribution in [2.75, 3.05) is 69.3 Å². The molecule has 0 spiro atoms. The van der Waals surface area contributed by atoms with E-state index >= 15 is 4.39 Å². The number of amides is 1. The number of piperidine rings is 1. The van der Waals surface area contributed by atoms with Gasteiger partial charge in [0, 0.05) is 81.4 Å². The maximum atomic E-state index is 16.1. The highest BCUT2D eigenvalue weighted by Crippen LogP contribution is 2.48. The molecule has 51 heavy (non-hydrogen) atoms. The number of piperazine rings is 1. The van der Waals surface area contributed by atoms with Crippen LogP contribution < -0.4 is 24.6 Å². The topological polar surface area (TPSA) is 77.5 Å². The van der Waals surface area contributed by atoms with Crippen LogP contribution >= 0.6 is 0 Å². The minimum Gasteiger partial charge on any atom is -0.508 e. The summed E-state index contributed by atoms with van der Waals surface area (Å²) in [5, 5.41) is 12.9. The minimum absolute atomic E-state index is 0.0874. The number of rotatable bonds is 7. The fraction of sp³-hybridized carbons (Fsp3) is 0.375. The van der Waals surface area contributed by atoms with Crippen LogP contribution in [0.15, 0.2) is 66.7 Å². The normalized spacial score (nSPS) is 20.8. The fourth-order valence-corrected chi connectivity index (χ4v) is 8.35. The zero-order valence-corrected chi connectivity index (χ0v) is 28.5. The van der Waals surface area contributed by atoms with Gasteiger partial charge in [-0.25, -0.2) is 13.2 Å². The number of methoxy groups -OCH3 is 1. The van der Waals surface area contributed by atoms with Crippen molar-refractivity contribution in [3.05, 3.63) is 112 Å². The second-order valence-electron chi connectivity index (χ2n) is 14.1. The van der Waals surface area contributed by atoms with Gasteiger partial charge >= 0.3 is 0 Å². The van der Waals surface area contributed by atoms with Crippen LogP contribution in [0.3, 0.4) is 0 Å². The molecule has 0 bridgehead atoms. The Balaban J connectivity index is 0.918. The molecule has 4 aliphatic heterocycles. The van der Waals surface area contributed by atoms with Gasteiger partial charge in [0.15, 0.2) is 11.6 Å². The lowest BCUT2D eigenvalue weighted by molar-refractivity contribution is 0.0965. The Morgan fingerprint density at radius 1 is 0.824 bits per heavy atom. The number of carbonyl (C=O) groups is 1. The molecule has 8 rings (SSSR count). The number of anilines is 2. The maximum absolute atomic E-state index is 16.1. The van der Waals surface area contributed by atoms with Crippen LogP contribution in [0.4, 0.5) is 24.5 Å². The Morgan fingerprint density at radius 2 is 1.57 bits per heavy atom. The van der Waals surface area contributed by atoms with Crippen molar-refractivity contribution in [1.29, 1.82) is 0 Å². The summed E-state index contributed by atoms with van der Waals surface area (Å²) in [7, 11) is 1.43. The Labute approximate surface area is 295 Å². The summed E-state index contributed by atoms with van der Waals surface area (Å²) in [4.78, 5) is 18.6. The highest BCUT2D eigenvalue weighted by atomic mass is 19.1. The Kier molecular flexibility index (Phi) is 8.91. The van der Waals surface area contributed by atoms with Crippen LogP contribution in [0.5, 0.6) is 17.2 Å². The second-order valence-corrected chi connectivity index (χ2v) is 14.1. The maximum Gasteiger partial charge on any atom is 0.252 e. The van der Waals surface area contributed by atoms with Gasteiger partial charge in [-0.3, -0.25) is 9.69 Å². The standard InChI is InChI=1S/C40H41F3N4O4/c1-50-38-18-25(2-6-32(38)41)31-23-51-37-19-28(48)4-5-29(37)39(31)26-3-7-35(33(42)16-26)46-10-8-24(9-11-46)22-45-12-14-47(15-13-45)36-17-27-21-44-40(49)30(27)20-34(36)43/h2-7,16-20,24,31,39,48H,8-15,21-23H2,1H3,(H,44,49)/t31-,39-/m1/s1. The smallest absolute Gasteiger partial charge is 0.252 e. The largest absolute Gasteiger partial charge is 0.508 e. The molecule has 4 aliphatic rings. The molecular weight excluding hydrogens is 657 g/mol. The molecule has 4 aromatic carbocycles. The van der Waals surface area contributed by atoms with Gasteiger partial charge < -0.3 is 29.7 Å². The summed E-state index contributed by atoms with van der Waals surface area (Å²) < 4.78 is 56.6. The number of ether oxygens (including phenoxy) is 2. The third-order valence-corrected chi connectivity index (χ3v) is 11.1. The predicted molar refractivity (Wildman–Crippen MR) is 189 cm³/mol. The van der Waals surface area contributed by atoms with Gasteiger partial charge in [0.25, 0.3) is 5.91 Å². The van der Waals surface area contributed by atoms with Crippen molar-refractivity contribution >= 4 is 17.3 Å². The molecule has 2 N–H and O–H groups in total. The summed E-state index contributed by atoms with van der Waals surface area (Å²) >= 11 is 0. The summed E-state index contributed by atoms with van der Waals surface area (Å²) in [5.74, 6) is -0.579. The quantitative estimate of drug-likeness (QED) is 0.231. The lowest BCUT2D eigenvalue weighted by Gasteiger charge is -2.40. The highest BCUT2D eigenvalue weighted by molar-refractivity contribution is 5.98. The molecule has 2 atom stereocenters. The summed E-state index contributed by atoms with van der Waals surface area (Å²) in [6.45, 7) is 6.31. The molecule has 4 aromatic rings. The number of carbonyl (C=O) groups excluding carboxylic acids is 1. The number of fused-ring (bicyclic) bond motifs is 2. The number of aromatic hydroxyl groups is 1. The van der Waals surface area contributed by atoms with Crippen LogP contribution in [0.25, 0.3) is 0 Å². The lowest BCUT2D eigenvalue weighted by atomic mass is 9.75. The van der Waals surface area contributed by atoms with Crippen LogP contribution in [0.1, 0.15) is 57.3 Å². The third-order valence-electron chi connectivity index (χ3n) is 11.1. The molecule has 2 fully saturated rings. The first-order valence-electron chi connectivity index (χ1n) is 17.7. The minimum atomic E-state index is -0.456. The van der Waals surface area contributed by atoms with E-state index in [9.17, 15) is 18.7 Å². The molecule has 1 amide bonds. The monoisotopic (exact) mass is 698 g/mol. The molecule has 0 aromatic heterocycles. The fourth-order valence-electron chi connectivity index (χ4n) is 8.35. The highest BCUT2D eigenvalue weighted by Gasteiger charge is 2.35. The van der Waals surface area contributed by atoms with Crippen LogP contribution in [0.2, 0.25) is 0 Å². The van der Waals surface area contributed by atoms with Gasteiger partial charge in [0.05, 0.1) is 25.1 Å². The number of phenolic OH excluding ortho intramolecular Hbond substituents is 1. The van der Waals surface area contributed by atoms with E-state index in [1.807, 2.05) is 24.3 Å². The predicted octanol–water partition coefficient (Wildman–Crippen LogP) is 6.41. The van der Waals surface area contributed by atoms with Gasteiger partial charge in [-0.15, -0.1) is 0 Å². The molecule has 0 radical (unpaired) electrons. The average Bonchev–Trinajstić information content (AvgIpc) is 3.50. The number of phenols is 1. The second kappa shape index (κ2) is 13.7. The number of nitrogens with one attached hydrogen (secondary N) is 1. The molecule has 266 valence electrons. The molecule has 11 heteroatoms. The Bertz CT molecular complexity index is 1960. The Morgan fingerprint density at radius 3 is 2.33 bits per heavy atom. The number of nitrogens with zero attached hydrogens (tertiary/aromatic N) is 3. The van der Waals surface area contributed by atoms with Crippen molar-refractivity contribution in [2.24, 2.45) is 5.92 Å². The van der Waals surface area contributed by atoms with Gasteiger partial charge in [-0.2, -0.15) is 0 Å². The van der Waals surface area contributed by atoms with E-state index in [4.69, 9.17) is 9.47 Å². The van der Waals surface area contributed by atoms with Crippen molar-refractivity contribution in [3.8, 4) is 17.2 Å². The van der Waals surface area contributed by atoms with E-state index < -0.39 is 5.82 Å². The van der Waals surface area contributed by atoms with Crippen molar-refractivity contribution in [3.63, 3.8) is 0 Å². The number of benzene rings is 4. The molecular formula is C40H41F3N4O4. The number of hydrogen-bond acceptors (Lipinski definition) is 7.